The lowest BCUT2D eigenvalue weighted by Gasteiger charge is -2.30. The molecule has 0 radical (unpaired) electrons. The van der Waals surface area contributed by atoms with E-state index in [-0.39, 0.29) is 22.3 Å². The average Bonchev–Trinajstić information content (AvgIpc) is 2.60. The second-order valence-corrected chi connectivity index (χ2v) is 4.94. The zero-order valence-corrected chi connectivity index (χ0v) is 10.1. The topological polar surface area (TPSA) is 0 Å². The highest BCUT2D eigenvalue weighted by Crippen LogP contribution is 2.45. The normalized spacial score (nSPS) is 14.8. The minimum absolute atomic E-state index is 0. The summed E-state index contributed by atoms with van der Waals surface area (Å²) in [5.41, 5.74) is 3.80. The Morgan fingerprint density at radius 2 is 1.50 bits per heavy atom. The van der Waals surface area contributed by atoms with Gasteiger partial charge in [-0.3, -0.25) is 0 Å². The van der Waals surface area contributed by atoms with Crippen LogP contribution in [0.25, 0.3) is 0 Å². The largest absolute Gasteiger partial charge is 0.0776 e. The van der Waals surface area contributed by atoms with Gasteiger partial charge in [0.2, 0.25) is 0 Å². The molecular formula is C18H34. The molecule has 0 bridgehead atoms. The van der Waals surface area contributed by atoms with E-state index >= 15 is 0 Å². The van der Waals surface area contributed by atoms with E-state index in [9.17, 15) is 0 Å². The Morgan fingerprint density at radius 1 is 0.944 bits per heavy atom. The van der Waals surface area contributed by atoms with Gasteiger partial charge in [-0.2, -0.15) is 0 Å². The third-order valence-electron chi connectivity index (χ3n) is 3.92. The summed E-state index contributed by atoms with van der Waals surface area (Å²) in [6.45, 7) is 4.64. The Hall–Kier alpha value is -0.780. The fourth-order valence-corrected chi connectivity index (χ4v) is 3.37. The van der Waals surface area contributed by atoms with Crippen molar-refractivity contribution in [2.75, 3.05) is 0 Å². The van der Waals surface area contributed by atoms with E-state index in [0.717, 1.165) is 0 Å². The van der Waals surface area contributed by atoms with Crippen LogP contribution < -0.4 is 0 Å². The average molecular weight is 250 g/mol. The van der Waals surface area contributed by atoms with Crippen molar-refractivity contribution in [2.45, 2.75) is 80.1 Å². The van der Waals surface area contributed by atoms with Crippen LogP contribution in [-0.4, -0.2) is 0 Å². The minimum Gasteiger partial charge on any atom is -0.0776 e. The lowest BCUT2D eigenvalue weighted by atomic mass is 9.74. The monoisotopic (exact) mass is 250 g/mol. The maximum atomic E-state index is 2.37. The Kier molecular flexibility index (Phi) is 9.07. The van der Waals surface area contributed by atoms with Crippen LogP contribution in [0, 0.1) is 0 Å². The first kappa shape index (κ1) is 19.6. The van der Waals surface area contributed by atoms with Crippen LogP contribution in [-0.2, 0) is 11.8 Å². The number of fused-ring (bicyclic) bond motifs is 1. The summed E-state index contributed by atoms with van der Waals surface area (Å²) in [5.74, 6) is 0. The van der Waals surface area contributed by atoms with E-state index < -0.39 is 0 Å². The molecule has 0 aromatic heterocycles. The van der Waals surface area contributed by atoms with Crippen molar-refractivity contribution >= 4 is 0 Å². The summed E-state index contributed by atoms with van der Waals surface area (Å²) in [6, 6.07) is 9.09. The van der Waals surface area contributed by atoms with Crippen molar-refractivity contribution in [1.82, 2.24) is 0 Å². The number of aryl methyl sites for hydroxylation is 1. The summed E-state index contributed by atoms with van der Waals surface area (Å²) in [4.78, 5) is 0. The quantitative estimate of drug-likeness (QED) is 0.581. The van der Waals surface area contributed by atoms with Crippen LogP contribution in [0.5, 0.6) is 0 Å². The van der Waals surface area contributed by atoms with Crippen molar-refractivity contribution < 1.29 is 0 Å². The molecule has 0 N–H and O–H groups in total. The second kappa shape index (κ2) is 8.34. The van der Waals surface area contributed by atoms with Crippen molar-refractivity contribution in [2.24, 2.45) is 0 Å². The van der Waals surface area contributed by atoms with Gasteiger partial charge in [0.05, 0.1) is 0 Å². The highest BCUT2D eigenvalue weighted by molar-refractivity contribution is 5.39. The molecule has 0 aliphatic heterocycles. The Morgan fingerprint density at radius 3 is 2.06 bits per heavy atom. The number of hydrogen-bond acceptors (Lipinski definition) is 0. The molecule has 1 aliphatic rings. The molecule has 2 rings (SSSR count). The SMILES string of the molecule is C.C.C.CCCC1(CCC)CCc2ccccc21. The molecule has 0 saturated heterocycles. The van der Waals surface area contributed by atoms with E-state index in [0.29, 0.717) is 5.41 Å². The fourth-order valence-electron chi connectivity index (χ4n) is 3.37. The highest BCUT2D eigenvalue weighted by atomic mass is 14.4. The van der Waals surface area contributed by atoms with Gasteiger partial charge in [-0.15, -0.1) is 0 Å². The molecule has 0 heterocycles. The summed E-state index contributed by atoms with van der Waals surface area (Å²) >= 11 is 0. The van der Waals surface area contributed by atoms with E-state index in [1.165, 1.54) is 38.5 Å². The molecule has 0 fully saturated rings. The smallest absolute Gasteiger partial charge is 0.00413 e. The van der Waals surface area contributed by atoms with Crippen molar-refractivity contribution in [1.29, 1.82) is 0 Å². The van der Waals surface area contributed by atoms with Gasteiger partial charge in [0.1, 0.15) is 0 Å². The van der Waals surface area contributed by atoms with Crippen LogP contribution >= 0.6 is 0 Å². The first-order chi connectivity index (χ1) is 7.32. The van der Waals surface area contributed by atoms with Crippen molar-refractivity contribution in [3.05, 3.63) is 35.4 Å². The zero-order chi connectivity index (χ0) is 10.7. The highest BCUT2D eigenvalue weighted by Gasteiger charge is 2.36. The molecule has 1 aromatic rings. The Balaban J connectivity index is 0. The molecule has 1 aliphatic carbocycles. The molecule has 1 aromatic carbocycles. The lowest BCUT2D eigenvalue weighted by Crippen LogP contribution is -2.22. The first-order valence-electron chi connectivity index (χ1n) is 6.41. The van der Waals surface area contributed by atoms with Gasteiger partial charge in [0, 0.05) is 0 Å². The van der Waals surface area contributed by atoms with Crippen LogP contribution in [0.2, 0.25) is 0 Å². The molecule has 0 amide bonds. The second-order valence-electron chi connectivity index (χ2n) is 4.94. The van der Waals surface area contributed by atoms with E-state index in [1.54, 1.807) is 11.1 Å². The molecule has 0 unspecified atom stereocenters. The number of benzene rings is 1. The van der Waals surface area contributed by atoms with E-state index in [4.69, 9.17) is 0 Å². The summed E-state index contributed by atoms with van der Waals surface area (Å²) in [5, 5.41) is 0. The van der Waals surface area contributed by atoms with Gasteiger partial charge in [-0.05, 0) is 42.2 Å². The molecule has 0 spiro atoms. The summed E-state index contributed by atoms with van der Waals surface area (Å²) < 4.78 is 0. The van der Waals surface area contributed by atoms with E-state index in [1.807, 2.05) is 0 Å². The molecule has 106 valence electrons. The number of hydrogen-bond donors (Lipinski definition) is 0. The maximum Gasteiger partial charge on any atom is -0.00413 e. The predicted molar refractivity (Wildman–Crippen MR) is 86.5 cm³/mol. The Bertz CT molecular complexity index is 313. The molecule has 0 heteroatoms. The maximum absolute atomic E-state index is 2.37. The first-order valence-corrected chi connectivity index (χ1v) is 6.41. The third-order valence-corrected chi connectivity index (χ3v) is 3.92. The van der Waals surface area contributed by atoms with Crippen molar-refractivity contribution in [3.63, 3.8) is 0 Å². The van der Waals surface area contributed by atoms with Gasteiger partial charge in [0.25, 0.3) is 0 Å². The molecular weight excluding hydrogens is 216 g/mol. The van der Waals surface area contributed by atoms with Gasteiger partial charge in [0.15, 0.2) is 0 Å². The van der Waals surface area contributed by atoms with Gasteiger partial charge in [-0.1, -0.05) is 73.2 Å². The van der Waals surface area contributed by atoms with Crippen LogP contribution in [0.4, 0.5) is 0 Å². The van der Waals surface area contributed by atoms with Crippen LogP contribution in [0.3, 0.4) is 0 Å². The lowest BCUT2D eigenvalue weighted by molar-refractivity contribution is 0.354. The summed E-state index contributed by atoms with van der Waals surface area (Å²) in [6.07, 6.45) is 8.06. The molecule has 18 heavy (non-hydrogen) atoms. The van der Waals surface area contributed by atoms with E-state index in [2.05, 4.69) is 38.1 Å². The third kappa shape index (κ3) is 3.37. The van der Waals surface area contributed by atoms with Gasteiger partial charge >= 0.3 is 0 Å². The van der Waals surface area contributed by atoms with Crippen molar-refractivity contribution in [3.8, 4) is 0 Å². The molecule has 0 atom stereocenters. The molecule has 0 saturated carbocycles. The van der Waals surface area contributed by atoms with Gasteiger partial charge < -0.3 is 0 Å². The van der Waals surface area contributed by atoms with Gasteiger partial charge in [-0.25, -0.2) is 0 Å². The Labute approximate surface area is 116 Å². The minimum atomic E-state index is 0. The molecule has 0 nitrogen and oxygen atoms in total. The predicted octanol–water partition coefficient (Wildman–Crippen LogP) is 6.38. The number of rotatable bonds is 4. The standard InChI is InChI=1S/C15H22.3CH4/c1-3-10-15(11-4-2)12-9-13-7-5-6-8-14(13)15;;;/h5-8H,3-4,9-12H2,1-2H3;3*1H4. The summed E-state index contributed by atoms with van der Waals surface area (Å²) in [7, 11) is 0. The van der Waals surface area contributed by atoms with Crippen LogP contribution in [0.1, 0.15) is 79.4 Å². The van der Waals surface area contributed by atoms with Crippen LogP contribution in [0.15, 0.2) is 24.3 Å². The fraction of sp³-hybridized carbons (Fsp3) is 0.667. The zero-order valence-electron chi connectivity index (χ0n) is 10.1.